The van der Waals surface area contributed by atoms with Gasteiger partial charge in [0.25, 0.3) is 10.0 Å². The smallest absolute Gasteiger partial charge is 0.261 e. The van der Waals surface area contributed by atoms with Crippen LogP contribution in [0.5, 0.6) is 0 Å². The lowest BCUT2D eigenvalue weighted by Gasteiger charge is -2.11. The minimum atomic E-state index is -3.54. The van der Waals surface area contributed by atoms with E-state index >= 15 is 0 Å². The molecule has 0 spiro atoms. The summed E-state index contributed by atoms with van der Waals surface area (Å²) in [5.41, 5.74) is 2.83. The summed E-state index contributed by atoms with van der Waals surface area (Å²) < 4.78 is 28.4. The maximum Gasteiger partial charge on any atom is 0.261 e. The van der Waals surface area contributed by atoms with Gasteiger partial charge in [-0.3, -0.25) is 4.72 Å². The fourth-order valence-corrected chi connectivity index (χ4v) is 3.47. The third-order valence-corrected chi connectivity index (χ3v) is 5.84. The Hall–Kier alpha value is -1.08. The average Bonchev–Trinajstić information content (AvgIpc) is 2.43. The van der Waals surface area contributed by atoms with Crippen molar-refractivity contribution in [2.45, 2.75) is 31.6 Å². The molecule has 21 heavy (non-hydrogen) atoms. The molecule has 0 aliphatic rings. The van der Waals surface area contributed by atoms with Gasteiger partial charge in [0.2, 0.25) is 0 Å². The Kier molecular flexibility index (Phi) is 4.93. The fourth-order valence-electron chi connectivity index (χ4n) is 1.90. The maximum absolute atomic E-state index is 12.4. The molecule has 2 rings (SSSR count). The Bertz CT molecular complexity index is 737. The number of anilines is 1. The Morgan fingerprint density at radius 2 is 1.67 bits per heavy atom. The molecule has 0 saturated carbocycles. The summed E-state index contributed by atoms with van der Waals surface area (Å²) in [6, 6.07) is 12.5. The van der Waals surface area contributed by atoms with E-state index in [9.17, 15) is 8.42 Å². The molecule has 0 aliphatic heterocycles. The second kappa shape index (κ2) is 6.36. The predicted octanol–water partition coefficient (Wildman–Crippen LogP) is 4.52. The van der Waals surface area contributed by atoms with Crippen LogP contribution >= 0.6 is 22.6 Å². The van der Waals surface area contributed by atoms with Crippen molar-refractivity contribution in [3.05, 3.63) is 57.2 Å². The van der Waals surface area contributed by atoms with Gasteiger partial charge in [-0.15, -0.1) is 0 Å². The fraction of sp³-hybridized carbons (Fsp3) is 0.250. The highest BCUT2D eigenvalue weighted by Gasteiger charge is 2.14. The van der Waals surface area contributed by atoms with Crippen LogP contribution in [0.1, 0.15) is 30.9 Å². The summed E-state index contributed by atoms with van der Waals surface area (Å²) in [4.78, 5) is 0.280. The van der Waals surface area contributed by atoms with E-state index in [0.717, 1.165) is 14.7 Å². The topological polar surface area (TPSA) is 46.2 Å². The van der Waals surface area contributed by atoms with Crippen LogP contribution in [0.2, 0.25) is 0 Å². The van der Waals surface area contributed by atoms with Gasteiger partial charge >= 0.3 is 0 Å². The van der Waals surface area contributed by atoms with Gasteiger partial charge in [-0.2, -0.15) is 0 Å². The Morgan fingerprint density at radius 3 is 2.19 bits per heavy atom. The first kappa shape index (κ1) is 16.3. The van der Waals surface area contributed by atoms with Crippen molar-refractivity contribution in [3.8, 4) is 0 Å². The largest absolute Gasteiger partial charge is 0.280 e. The van der Waals surface area contributed by atoms with E-state index in [-0.39, 0.29) is 4.90 Å². The molecular formula is C16H18INO2S. The molecule has 5 heteroatoms. The number of sulfonamides is 1. The summed E-state index contributed by atoms with van der Waals surface area (Å²) in [6.07, 6.45) is 0. The van der Waals surface area contributed by atoms with Gasteiger partial charge < -0.3 is 0 Å². The minimum absolute atomic E-state index is 0.280. The number of hydrogen-bond acceptors (Lipinski definition) is 2. The van der Waals surface area contributed by atoms with Crippen LogP contribution in [0, 0.1) is 10.5 Å². The number of hydrogen-bond donors (Lipinski definition) is 1. The van der Waals surface area contributed by atoms with Crippen molar-refractivity contribution in [1.29, 1.82) is 0 Å². The Balaban J connectivity index is 2.27. The molecule has 0 fully saturated rings. The van der Waals surface area contributed by atoms with Crippen LogP contribution in [0.15, 0.2) is 47.4 Å². The van der Waals surface area contributed by atoms with Crippen LogP contribution in [0.3, 0.4) is 0 Å². The molecule has 2 aromatic carbocycles. The zero-order chi connectivity index (χ0) is 15.6. The van der Waals surface area contributed by atoms with Gasteiger partial charge in [0, 0.05) is 9.26 Å². The van der Waals surface area contributed by atoms with Gasteiger partial charge in [0.15, 0.2) is 0 Å². The Morgan fingerprint density at radius 1 is 1.05 bits per heavy atom. The van der Waals surface area contributed by atoms with Crippen LogP contribution in [0.4, 0.5) is 5.69 Å². The van der Waals surface area contributed by atoms with E-state index in [1.807, 2.05) is 31.2 Å². The molecule has 2 aromatic rings. The van der Waals surface area contributed by atoms with Crippen LogP contribution in [-0.4, -0.2) is 8.42 Å². The van der Waals surface area contributed by atoms with Crippen molar-refractivity contribution in [1.82, 2.24) is 0 Å². The second-order valence-electron chi connectivity index (χ2n) is 5.29. The number of aryl methyl sites for hydroxylation is 1. The van der Waals surface area contributed by atoms with E-state index in [4.69, 9.17) is 0 Å². The van der Waals surface area contributed by atoms with E-state index in [1.165, 1.54) is 0 Å². The molecule has 0 heterocycles. The maximum atomic E-state index is 12.4. The zero-order valence-electron chi connectivity index (χ0n) is 12.2. The lowest BCUT2D eigenvalue weighted by atomic mass is 10.0. The number of rotatable bonds is 4. The van der Waals surface area contributed by atoms with Gasteiger partial charge in [-0.25, -0.2) is 8.42 Å². The van der Waals surface area contributed by atoms with Crippen LogP contribution in [-0.2, 0) is 10.0 Å². The molecule has 0 unspecified atom stereocenters. The molecule has 3 nitrogen and oxygen atoms in total. The first-order valence-corrected chi connectivity index (χ1v) is 9.25. The lowest BCUT2D eigenvalue weighted by molar-refractivity contribution is 0.601. The minimum Gasteiger partial charge on any atom is -0.280 e. The van der Waals surface area contributed by atoms with E-state index in [1.54, 1.807) is 18.2 Å². The molecule has 0 amide bonds. The predicted molar refractivity (Wildman–Crippen MR) is 95.2 cm³/mol. The quantitative estimate of drug-likeness (QED) is 0.747. The molecule has 0 radical (unpaired) electrons. The summed E-state index contributed by atoms with van der Waals surface area (Å²) in [5.74, 6) is 0.383. The normalized spacial score (nSPS) is 11.7. The molecule has 0 bridgehead atoms. The molecule has 0 saturated heterocycles. The second-order valence-corrected chi connectivity index (χ2v) is 8.14. The van der Waals surface area contributed by atoms with Gasteiger partial charge in [0.1, 0.15) is 0 Å². The highest BCUT2D eigenvalue weighted by molar-refractivity contribution is 14.1. The van der Waals surface area contributed by atoms with Crippen molar-refractivity contribution in [3.63, 3.8) is 0 Å². The molecule has 0 aliphatic carbocycles. The highest BCUT2D eigenvalue weighted by Crippen LogP contribution is 2.22. The summed E-state index contributed by atoms with van der Waals surface area (Å²) in [5, 5.41) is 0. The SMILES string of the molecule is Cc1ccc(NS(=O)(=O)c2ccc(C(C)C)cc2)cc1I. The standard InChI is InChI=1S/C16H18INO2S/c1-11(2)13-5-8-15(9-6-13)21(19,20)18-14-7-4-12(3)16(17)10-14/h4-11,18H,1-3H3. The first-order valence-electron chi connectivity index (χ1n) is 6.68. The summed E-state index contributed by atoms with van der Waals surface area (Å²) in [7, 11) is -3.54. The van der Waals surface area contributed by atoms with Crippen molar-refractivity contribution < 1.29 is 8.42 Å². The monoisotopic (exact) mass is 415 g/mol. The van der Waals surface area contributed by atoms with Crippen molar-refractivity contribution in [2.24, 2.45) is 0 Å². The van der Waals surface area contributed by atoms with E-state index in [2.05, 4.69) is 41.2 Å². The van der Waals surface area contributed by atoms with Gasteiger partial charge in [-0.1, -0.05) is 32.0 Å². The van der Waals surface area contributed by atoms with E-state index < -0.39 is 10.0 Å². The van der Waals surface area contributed by atoms with Crippen LogP contribution < -0.4 is 4.72 Å². The molecule has 0 atom stereocenters. The van der Waals surface area contributed by atoms with Crippen molar-refractivity contribution in [2.75, 3.05) is 4.72 Å². The third kappa shape index (κ3) is 3.97. The molecule has 1 N–H and O–H groups in total. The molecule has 0 aromatic heterocycles. The zero-order valence-corrected chi connectivity index (χ0v) is 15.2. The third-order valence-electron chi connectivity index (χ3n) is 3.28. The lowest BCUT2D eigenvalue weighted by Crippen LogP contribution is -2.13. The molecular weight excluding hydrogens is 397 g/mol. The summed E-state index contributed by atoms with van der Waals surface area (Å²) >= 11 is 2.19. The van der Waals surface area contributed by atoms with Gasteiger partial charge in [-0.05, 0) is 70.8 Å². The number of nitrogens with one attached hydrogen (secondary N) is 1. The number of halogens is 1. The Labute approximate surface area is 140 Å². The molecule has 112 valence electrons. The average molecular weight is 415 g/mol. The van der Waals surface area contributed by atoms with Crippen LogP contribution in [0.25, 0.3) is 0 Å². The number of benzene rings is 2. The first-order chi connectivity index (χ1) is 9.79. The van der Waals surface area contributed by atoms with Gasteiger partial charge in [0.05, 0.1) is 4.90 Å². The van der Waals surface area contributed by atoms with E-state index in [0.29, 0.717) is 11.6 Å². The highest BCUT2D eigenvalue weighted by atomic mass is 127. The van der Waals surface area contributed by atoms with Crippen molar-refractivity contribution >= 4 is 38.3 Å². The summed E-state index contributed by atoms with van der Waals surface area (Å²) in [6.45, 7) is 6.15.